The fourth-order valence-corrected chi connectivity index (χ4v) is 5.09. The number of aliphatic hydroxyl groups is 1. The van der Waals surface area contributed by atoms with Gasteiger partial charge in [0.15, 0.2) is 0 Å². The van der Waals surface area contributed by atoms with Gasteiger partial charge in [-0.25, -0.2) is 9.79 Å². The quantitative estimate of drug-likeness (QED) is 0.296. The van der Waals surface area contributed by atoms with Gasteiger partial charge in [0.2, 0.25) is 0 Å². The van der Waals surface area contributed by atoms with E-state index in [1.165, 1.54) is 0 Å². The first-order chi connectivity index (χ1) is 18.3. The molecule has 194 valence electrons. The van der Waals surface area contributed by atoms with Crippen molar-refractivity contribution >= 4 is 58.0 Å². The Morgan fingerprint density at radius 3 is 2.53 bits per heavy atom. The van der Waals surface area contributed by atoms with Crippen LogP contribution in [0.25, 0.3) is 6.08 Å². The lowest BCUT2D eigenvalue weighted by molar-refractivity contribution is -0.138. The summed E-state index contributed by atoms with van der Waals surface area (Å²) in [7, 11) is 0. The monoisotopic (exact) mass is 567 g/mol. The van der Waals surface area contributed by atoms with Gasteiger partial charge in [0.25, 0.3) is 5.91 Å². The molecule has 6 nitrogen and oxygen atoms in total. The lowest BCUT2D eigenvalue weighted by atomic mass is 10.1. The van der Waals surface area contributed by atoms with Crippen molar-refractivity contribution in [1.29, 1.82) is 0 Å². The highest BCUT2D eigenvalue weighted by molar-refractivity contribution is 8.18. The zero-order chi connectivity index (χ0) is 27.2. The molecule has 0 fully saturated rings. The summed E-state index contributed by atoms with van der Waals surface area (Å²) in [5.41, 5.74) is 2.39. The van der Waals surface area contributed by atoms with E-state index in [1.54, 1.807) is 68.5 Å². The van der Waals surface area contributed by atoms with E-state index >= 15 is 0 Å². The third kappa shape index (κ3) is 6.30. The number of carbonyl (C=O) groups excluding carboxylic acids is 2. The Morgan fingerprint density at radius 1 is 1.05 bits per heavy atom. The van der Waals surface area contributed by atoms with Gasteiger partial charge in [-0.1, -0.05) is 77.4 Å². The van der Waals surface area contributed by atoms with Gasteiger partial charge in [-0.3, -0.25) is 4.79 Å². The van der Waals surface area contributed by atoms with E-state index in [1.807, 2.05) is 18.2 Å². The van der Waals surface area contributed by atoms with Crippen LogP contribution in [-0.4, -0.2) is 28.6 Å². The molecule has 0 aromatic heterocycles. The number of nitrogens with zero attached hydrogens (tertiary/aromatic N) is 1. The molecule has 0 saturated carbocycles. The Balaban J connectivity index is 1.67. The largest absolute Gasteiger partial charge is 0.506 e. The number of hydrogen-bond donors (Lipinski definition) is 1. The van der Waals surface area contributed by atoms with Gasteiger partial charge < -0.3 is 14.6 Å². The molecule has 0 spiro atoms. The molecule has 3 aromatic rings. The van der Waals surface area contributed by atoms with E-state index < -0.39 is 11.9 Å². The van der Waals surface area contributed by atoms with E-state index in [-0.39, 0.29) is 29.6 Å². The molecule has 0 radical (unpaired) electrons. The second-order valence-corrected chi connectivity index (χ2v) is 10.0. The van der Waals surface area contributed by atoms with Crippen LogP contribution in [-0.2, 0) is 16.1 Å². The number of halogens is 2. The number of aliphatic hydroxyl groups excluding tert-OH is 1. The lowest BCUT2D eigenvalue weighted by Crippen LogP contribution is -2.14. The molecule has 38 heavy (non-hydrogen) atoms. The van der Waals surface area contributed by atoms with Crippen LogP contribution >= 0.6 is 35.0 Å². The summed E-state index contributed by atoms with van der Waals surface area (Å²) in [5.74, 6) is -1.08. The molecule has 0 atom stereocenters. The van der Waals surface area contributed by atoms with Gasteiger partial charge in [0.05, 0.1) is 11.5 Å². The smallest absolute Gasteiger partial charge is 0.344 e. The van der Waals surface area contributed by atoms with Crippen LogP contribution < -0.4 is 4.74 Å². The van der Waals surface area contributed by atoms with Crippen molar-refractivity contribution in [3.8, 4) is 5.75 Å². The number of carbonyl (C=O) groups is 2. The fraction of sp³-hybridized carbons (Fsp3) is 0.138. The van der Waals surface area contributed by atoms with Gasteiger partial charge >= 0.3 is 5.97 Å². The number of hydrogen-bond acceptors (Lipinski definition) is 6. The molecule has 4 rings (SSSR count). The molecule has 0 aliphatic carbocycles. The molecule has 0 unspecified atom stereocenters. The third-order valence-electron chi connectivity index (χ3n) is 5.55. The summed E-state index contributed by atoms with van der Waals surface area (Å²) in [6.45, 7) is 3.75. The Bertz CT molecular complexity index is 1500. The highest BCUT2D eigenvalue weighted by Gasteiger charge is 2.34. The number of thioether (sulfide) groups is 1. The Morgan fingerprint density at radius 2 is 1.79 bits per heavy atom. The number of rotatable bonds is 7. The summed E-state index contributed by atoms with van der Waals surface area (Å²) >= 11 is 13.3. The van der Waals surface area contributed by atoms with E-state index in [0.717, 1.165) is 22.9 Å². The van der Waals surface area contributed by atoms with Crippen LogP contribution in [0.1, 0.15) is 34.0 Å². The minimum absolute atomic E-state index is 0.0619. The van der Waals surface area contributed by atoms with Crippen LogP contribution in [0, 0.1) is 6.92 Å². The van der Waals surface area contributed by atoms with Crippen molar-refractivity contribution in [2.24, 2.45) is 4.99 Å². The molecule has 1 aliphatic heterocycles. The number of aliphatic imine (C=N–C) groups is 1. The van der Waals surface area contributed by atoms with Gasteiger partial charge in [-0.2, -0.15) is 0 Å². The number of para-hydroxylation sites is 1. The first-order valence-electron chi connectivity index (χ1n) is 11.6. The Kier molecular flexibility index (Phi) is 8.94. The van der Waals surface area contributed by atoms with E-state index in [4.69, 9.17) is 32.7 Å². The predicted molar refractivity (Wildman–Crippen MR) is 152 cm³/mol. The Hall–Kier alpha value is -3.52. The van der Waals surface area contributed by atoms with E-state index in [2.05, 4.69) is 4.99 Å². The first-order valence-corrected chi connectivity index (χ1v) is 13.2. The minimum Gasteiger partial charge on any atom is -0.506 e. The average molecular weight is 568 g/mol. The van der Waals surface area contributed by atoms with Crippen LogP contribution in [0.2, 0.25) is 10.0 Å². The molecule has 3 aromatic carbocycles. The Labute approximate surface area is 234 Å². The number of ether oxygens (including phenoxy) is 2. The molecule has 9 heteroatoms. The third-order valence-corrected chi connectivity index (χ3v) is 7.16. The van der Waals surface area contributed by atoms with Crippen molar-refractivity contribution < 1.29 is 24.2 Å². The van der Waals surface area contributed by atoms with Crippen molar-refractivity contribution in [1.82, 2.24) is 0 Å². The first kappa shape index (κ1) is 27.5. The van der Waals surface area contributed by atoms with Gasteiger partial charge in [0.1, 0.15) is 28.7 Å². The normalized spacial score (nSPS) is 15.3. The summed E-state index contributed by atoms with van der Waals surface area (Å²) in [6.07, 6.45) is 1.67. The van der Waals surface area contributed by atoms with Crippen molar-refractivity contribution in [3.63, 3.8) is 0 Å². The van der Waals surface area contributed by atoms with Crippen LogP contribution in [0.5, 0.6) is 5.75 Å². The summed E-state index contributed by atoms with van der Waals surface area (Å²) < 4.78 is 11.1. The van der Waals surface area contributed by atoms with Crippen molar-refractivity contribution in [2.75, 3.05) is 6.61 Å². The van der Waals surface area contributed by atoms with Gasteiger partial charge in [0, 0.05) is 26.7 Å². The van der Waals surface area contributed by atoms with Gasteiger partial charge in [-0.15, -0.1) is 0 Å². The predicted octanol–water partition coefficient (Wildman–Crippen LogP) is 7.58. The summed E-state index contributed by atoms with van der Waals surface area (Å²) in [5, 5.41) is 12.1. The maximum atomic E-state index is 12.9. The van der Waals surface area contributed by atoms with Crippen molar-refractivity contribution in [2.45, 2.75) is 20.5 Å². The maximum Gasteiger partial charge on any atom is 0.344 e. The lowest BCUT2D eigenvalue weighted by Gasteiger charge is -2.11. The summed E-state index contributed by atoms with van der Waals surface area (Å²) in [4.78, 5) is 30.1. The van der Waals surface area contributed by atoms with Crippen molar-refractivity contribution in [3.05, 3.63) is 115 Å². The van der Waals surface area contributed by atoms with Gasteiger partial charge in [-0.05, 0) is 49.8 Å². The second-order valence-electron chi connectivity index (χ2n) is 8.15. The SMILES string of the molecule is CCOC(=O)C1=C(O)/C(=C/c2ccccc2OCc2ccc(Cl)cc2Cl)SC1=NC(=O)c1ccccc1C. The van der Waals surface area contributed by atoms with E-state index in [0.29, 0.717) is 31.8 Å². The average Bonchev–Trinajstić information content (AvgIpc) is 3.18. The minimum atomic E-state index is -0.765. The fourth-order valence-electron chi connectivity index (χ4n) is 3.62. The highest BCUT2D eigenvalue weighted by atomic mass is 35.5. The molecule has 1 N–H and O–H groups in total. The molecule has 0 saturated heterocycles. The molecule has 0 bridgehead atoms. The summed E-state index contributed by atoms with van der Waals surface area (Å²) in [6, 6.07) is 19.4. The van der Waals surface area contributed by atoms with Crippen LogP contribution in [0.3, 0.4) is 0 Å². The number of esters is 1. The zero-order valence-electron chi connectivity index (χ0n) is 20.5. The topological polar surface area (TPSA) is 85.2 Å². The van der Waals surface area contributed by atoms with Crippen LogP contribution in [0.15, 0.2) is 88.0 Å². The molecular formula is C29H23Cl2NO5S. The standard InChI is InChI=1S/C29H23Cl2NO5S/c1-3-36-29(35)25-26(33)24(38-28(25)32-27(34)21-10-6-4-8-17(21)2)14-18-9-5-7-11-23(18)37-16-19-12-13-20(30)15-22(19)31/h4-15,33H,3,16H2,1-2H3/b24-14-,32-28?. The highest BCUT2D eigenvalue weighted by Crippen LogP contribution is 2.40. The number of amides is 1. The molecule has 1 amide bonds. The second kappa shape index (κ2) is 12.3. The van der Waals surface area contributed by atoms with Crippen LogP contribution in [0.4, 0.5) is 0 Å². The molecular weight excluding hydrogens is 545 g/mol. The molecule has 1 heterocycles. The zero-order valence-corrected chi connectivity index (χ0v) is 22.9. The van der Waals surface area contributed by atoms with E-state index in [9.17, 15) is 14.7 Å². The number of aryl methyl sites for hydroxylation is 1. The molecule has 1 aliphatic rings. The maximum absolute atomic E-state index is 12.9. The number of benzene rings is 3.